The molecule has 0 amide bonds. The monoisotopic (exact) mass is 480 g/mol. The lowest BCUT2D eigenvalue weighted by Crippen LogP contribution is -2.24. The summed E-state index contributed by atoms with van der Waals surface area (Å²) in [4.78, 5) is 21.3. The molecular weight excluding hydrogens is 455 g/mol. The number of halogens is 1. The van der Waals surface area contributed by atoms with E-state index in [4.69, 9.17) is 0 Å². The summed E-state index contributed by atoms with van der Waals surface area (Å²) in [5.41, 5.74) is 6.02. The van der Waals surface area contributed by atoms with Crippen LogP contribution in [0.25, 0.3) is 46.5 Å². The number of aromatic amines is 2. The minimum atomic E-state index is -0.307. The van der Waals surface area contributed by atoms with Crippen molar-refractivity contribution in [2.24, 2.45) is 4.99 Å². The summed E-state index contributed by atoms with van der Waals surface area (Å²) < 4.78 is 13.9. The number of H-pyrrole nitrogens is 2. The highest BCUT2D eigenvalue weighted by Gasteiger charge is 2.15. The first-order valence-electron chi connectivity index (χ1n) is 11.5. The maximum Gasteiger partial charge on any atom is 0.178 e. The molecule has 9 heteroatoms. The summed E-state index contributed by atoms with van der Waals surface area (Å²) in [5.74, 6) is 0.215. The molecule has 4 aromatic heterocycles. The molecule has 4 heterocycles. The van der Waals surface area contributed by atoms with Gasteiger partial charge in [0.05, 0.1) is 16.6 Å². The molecule has 0 aliphatic rings. The molecular formula is C27H25FN8. The SMILES string of the molecule is C=c1[nH]nc(-c2nc3nccc(-c4cccc(F)c4)c3[nH]2)/c1=C/C(=NC)c1cncc(CNCC)c1. The van der Waals surface area contributed by atoms with Crippen LogP contribution in [0, 0.1) is 5.82 Å². The Morgan fingerprint density at radius 3 is 2.92 bits per heavy atom. The number of aliphatic imine (C=N–C) groups is 1. The zero-order valence-electron chi connectivity index (χ0n) is 20.0. The van der Waals surface area contributed by atoms with Gasteiger partial charge in [0.15, 0.2) is 11.5 Å². The van der Waals surface area contributed by atoms with E-state index in [1.807, 2.05) is 24.4 Å². The number of nitrogens with one attached hydrogen (secondary N) is 3. The van der Waals surface area contributed by atoms with Gasteiger partial charge in [-0.05, 0) is 48.0 Å². The number of nitrogens with zero attached hydrogens (tertiary/aromatic N) is 5. The molecule has 0 saturated heterocycles. The van der Waals surface area contributed by atoms with Crippen LogP contribution in [-0.2, 0) is 6.54 Å². The molecule has 0 unspecified atom stereocenters. The third-order valence-corrected chi connectivity index (χ3v) is 5.83. The van der Waals surface area contributed by atoms with E-state index in [9.17, 15) is 4.39 Å². The smallest absolute Gasteiger partial charge is 0.178 e. The molecule has 5 aromatic rings. The number of imidazole rings is 1. The Balaban J connectivity index is 1.59. The summed E-state index contributed by atoms with van der Waals surface area (Å²) in [7, 11) is 1.74. The number of pyridine rings is 2. The van der Waals surface area contributed by atoms with Crippen LogP contribution in [0.2, 0.25) is 0 Å². The first-order valence-corrected chi connectivity index (χ1v) is 11.5. The third-order valence-electron chi connectivity index (χ3n) is 5.83. The normalized spacial score (nSPS) is 12.5. The van der Waals surface area contributed by atoms with Crippen molar-refractivity contribution in [2.75, 3.05) is 13.6 Å². The summed E-state index contributed by atoms with van der Waals surface area (Å²) in [6, 6.07) is 10.3. The van der Waals surface area contributed by atoms with Gasteiger partial charge in [-0.1, -0.05) is 25.6 Å². The maximum atomic E-state index is 13.9. The van der Waals surface area contributed by atoms with Gasteiger partial charge in [-0.2, -0.15) is 5.10 Å². The highest BCUT2D eigenvalue weighted by atomic mass is 19.1. The average molecular weight is 481 g/mol. The number of rotatable bonds is 7. The molecule has 180 valence electrons. The molecule has 0 aliphatic carbocycles. The Bertz CT molecular complexity index is 1680. The molecule has 0 fully saturated rings. The van der Waals surface area contributed by atoms with Crippen LogP contribution < -0.4 is 15.9 Å². The van der Waals surface area contributed by atoms with Crippen LogP contribution in [-0.4, -0.2) is 49.4 Å². The first kappa shape index (κ1) is 23.3. The van der Waals surface area contributed by atoms with E-state index in [1.54, 1.807) is 25.5 Å². The molecule has 0 spiro atoms. The second-order valence-corrected chi connectivity index (χ2v) is 8.23. The minimum Gasteiger partial charge on any atom is -0.335 e. The molecule has 36 heavy (non-hydrogen) atoms. The molecule has 8 nitrogen and oxygen atoms in total. The Hall–Kier alpha value is -4.50. The zero-order chi connectivity index (χ0) is 25.1. The molecule has 5 rings (SSSR count). The van der Waals surface area contributed by atoms with Crippen molar-refractivity contribution in [1.82, 2.24) is 35.5 Å². The van der Waals surface area contributed by atoms with Crippen molar-refractivity contribution in [3.05, 3.63) is 82.5 Å². The van der Waals surface area contributed by atoms with Crippen molar-refractivity contribution in [3.63, 3.8) is 0 Å². The van der Waals surface area contributed by atoms with Crippen LogP contribution in [0.15, 0.2) is 60.0 Å². The highest BCUT2D eigenvalue weighted by Crippen LogP contribution is 2.27. The van der Waals surface area contributed by atoms with Crippen molar-refractivity contribution >= 4 is 29.5 Å². The topological polar surface area (TPSA) is 108 Å². The van der Waals surface area contributed by atoms with Crippen molar-refractivity contribution in [3.8, 4) is 22.6 Å². The van der Waals surface area contributed by atoms with E-state index in [-0.39, 0.29) is 5.82 Å². The van der Waals surface area contributed by atoms with Crippen LogP contribution >= 0.6 is 0 Å². The van der Waals surface area contributed by atoms with Gasteiger partial charge in [0, 0.05) is 48.5 Å². The average Bonchev–Trinajstić information content (AvgIpc) is 3.49. The Kier molecular flexibility index (Phi) is 6.46. The number of aromatic nitrogens is 6. The molecule has 0 aliphatic heterocycles. The second-order valence-electron chi connectivity index (χ2n) is 8.23. The molecule has 0 atom stereocenters. The maximum absolute atomic E-state index is 13.9. The lowest BCUT2D eigenvalue weighted by molar-refractivity contribution is 0.628. The zero-order valence-corrected chi connectivity index (χ0v) is 20.0. The minimum absolute atomic E-state index is 0.307. The summed E-state index contributed by atoms with van der Waals surface area (Å²) in [6.45, 7) is 7.77. The predicted octanol–water partition coefficient (Wildman–Crippen LogP) is 2.97. The Morgan fingerprint density at radius 2 is 2.11 bits per heavy atom. The van der Waals surface area contributed by atoms with E-state index in [2.05, 4.69) is 60.0 Å². The Morgan fingerprint density at radius 1 is 1.22 bits per heavy atom. The van der Waals surface area contributed by atoms with Crippen molar-refractivity contribution in [1.29, 1.82) is 0 Å². The fourth-order valence-corrected chi connectivity index (χ4v) is 4.05. The van der Waals surface area contributed by atoms with E-state index >= 15 is 0 Å². The quantitative estimate of drug-likeness (QED) is 0.311. The van der Waals surface area contributed by atoms with Gasteiger partial charge in [-0.3, -0.25) is 15.1 Å². The third kappa shape index (κ3) is 4.56. The summed E-state index contributed by atoms with van der Waals surface area (Å²) in [6.07, 6.45) is 7.20. The van der Waals surface area contributed by atoms with Gasteiger partial charge in [0.2, 0.25) is 0 Å². The first-order chi connectivity index (χ1) is 17.6. The lowest BCUT2D eigenvalue weighted by atomic mass is 10.1. The standard InChI is InChI=1S/C27H25FN8/c1-4-30-13-17-10-19(15-31-14-17)23(29-3)12-22-16(2)35-36-25(22)27-33-24-21(8-9-32-26(24)34-27)18-6-5-7-20(28)11-18/h5-12,14-15,30,35H,2,4,13H2,1,3H3,(H,32,33,34)/b22-12+,29-23?. The van der Waals surface area contributed by atoms with E-state index in [0.717, 1.165) is 46.3 Å². The van der Waals surface area contributed by atoms with Crippen LogP contribution in [0.1, 0.15) is 18.1 Å². The van der Waals surface area contributed by atoms with Crippen molar-refractivity contribution < 1.29 is 4.39 Å². The van der Waals surface area contributed by atoms with Crippen LogP contribution in [0.5, 0.6) is 0 Å². The number of benzene rings is 1. The molecule has 0 radical (unpaired) electrons. The number of fused-ring (bicyclic) bond motifs is 1. The van der Waals surface area contributed by atoms with Gasteiger partial charge in [-0.25, -0.2) is 14.4 Å². The molecule has 1 aromatic carbocycles. The fraction of sp³-hybridized carbons (Fsp3) is 0.148. The van der Waals surface area contributed by atoms with Gasteiger partial charge >= 0.3 is 0 Å². The van der Waals surface area contributed by atoms with E-state index in [1.165, 1.54) is 12.1 Å². The van der Waals surface area contributed by atoms with Gasteiger partial charge in [0.1, 0.15) is 11.5 Å². The molecule has 0 bridgehead atoms. The van der Waals surface area contributed by atoms with Gasteiger partial charge in [-0.15, -0.1) is 0 Å². The number of hydrogen-bond donors (Lipinski definition) is 3. The number of hydrogen-bond acceptors (Lipinski definition) is 6. The summed E-state index contributed by atoms with van der Waals surface area (Å²) in [5, 5.41) is 12.1. The van der Waals surface area contributed by atoms with E-state index in [0.29, 0.717) is 28.0 Å². The predicted molar refractivity (Wildman–Crippen MR) is 140 cm³/mol. The summed E-state index contributed by atoms with van der Waals surface area (Å²) >= 11 is 0. The highest BCUT2D eigenvalue weighted by molar-refractivity contribution is 6.21. The second kappa shape index (κ2) is 10.0. The molecule has 0 saturated carbocycles. The largest absolute Gasteiger partial charge is 0.335 e. The lowest BCUT2D eigenvalue weighted by Gasteiger charge is -2.05. The van der Waals surface area contributed by atoms with Crippen molar-refractivity contribution in [2.45, 2.75) is 13.5 Å². The Labute approximate surface area is 206 Å². The van der Waals surface area contributed by atoms with Gasteiger partial charge < -0.3 is 10.3 Å². The van der Waals surface area contributed by atoms with Crippen LogP contribution in [0.4, 0.5) is 4.39 Å². The van der Waals surface area contributed by atoms with Crippen LogP contribution in [0.3, 0.4) is 0 Å². The van der Waals surface area contributed by atoms with Gasteiger partial charge in [0.25, 0.3) is 0 Å². The van der Waals surface area contributed by atoms with E-state index < -0.39 is 0 Å². The molecule has 3 N–H and O–H groups in total. The fourth-order valence-electron chi connectivity index (χ4n) is 4.05.